The molecule has 0 atom stereocenters. The second-order valence-electron chi connectivity index (χ2n) is 5.57. The first-order valence-electron chi connectivity index (χ1n) is 8.22. The number of hydrogen-bond acceptors (Lipinski definition) is 5. The minimum Gasteiger partial charge on any atom is -0.493 e. The van der Waals surface area contributed by atoms with E-state index < -0.39 is 5.97 Å². The number of ether oxygens (including phenoxy) is 1. The molecular formula is C18H21NO4S2. The third-order valence-electron chi connectivity index (χ3n) is 3.61. The summed E-state index contributed by atoms with van der Waals surface area (Å²) in [5.41, 5.74) is 0.838. The molecule has 0 aromatic heterocycles. The minimum atomic E-state index is -0.876. The molecule has 1 aliphatic heterocycles. The van der Waals surface area contributed by atoms with Crippen LogP contribution in [0.2, 0.25) is 0 Å². The molecule has 1 aromatic carbocycles. The maximum absolute atomic E-state index is 12.5. The topological polar surface area (TPSA) is 66.8 Å². The summed E-state index contributed by atoms with van der Waals surface area (Å²) in [5.74, 6) is -0.310. The lowest BCUT2D eigenvalue weighted by Crippen LogP contribution is -2.29. The number of carbonyl (C=O) groups excluding carboxylic acids is 1. The number of carboxylic acid groups (broad SMARTS) is 1. The van der Waals surface area contributed by atoms with Gasteiger partial charge in [0.15, 0.2) is 0 Å². The number of aliphatic carboxylic acids is 1. The zero-order valence-corrected chi connectivity index (χ0v) is 15.7. The van der Waals surface area contributed by atoms with Gasteiger partial charge >= 0.3 is 5.97 Å². The molecule has 0 spiro atoms. The van der Waals surface area contributed by atoms with Crippen molar-refractivity contribution in [1.29, 1.82) is 0 Å². The van der Waals surface area contributed by atoms with Gasteiger partial charge < -0.3 is 9.84 Å². The van der Waals surface area contributed by atoms with Crippen molar-refractivity contribution < 1.29 is 19.4 Å². The fraction of sp³-hybridized carbons (Fsp3) is 0.389. The van der Waals surface area contributed by atoms with Crippen LogP contribution in [0.25, 0.3) is 6.08 Å². The molecular weight excluding hydrogens is 358 g/mol. The molecule has 5 nitrogen and oxygen atoms in total. The van der Waals surface area contributed by atoms with Crippen LogP contribution in [0, 0.1) is 0 Å². The molecule has 0 radical (unpaired) electrons. The van der Waals surface area contributed by atoms with Crippen molar-refractivity contribution in [2.45, 2.75) is 32.6 Å². The fourth-order valence-electron chi connectivity index (χ4n) is 2.28. The first kappa shape index (κ1) is 19.5. The molecule has 1 N–H and O–H groups in total. The van der Waals surface area contributed by atoms with Gasteiger partial charge in [-0.05, 0) is 25.0 Å². The second-order valence-corrected chi connectivity index (χ2v) is 7.25. The van der Waals surface area contributed by atoms with Crippen molar-refractivity contribution in [1.82, 2.24) is 4.90 Å². The van der Waals surface area contributed by atoms with E-state index in [1.807, 2.05) is 24.3 Å². The molecule has 1 heterocycles. The van der Waals surface area contributed by atoms with Crippen LogP contribution < -0.4 is 4.74 Å². The van der Waals surface area contributed by atoms with Crippen molar-refractivity contribution in [2.24, 2.45) is 0 Å². The van der Waals surface area contributed by atoms with Gasteiger partial charge in [-0.2, -0.15) is 0 Å². The predicted octanol–water partition coefficient (Wildman–Crippen LogP) is 3.93. The van der Waals surface area contributed by atoms with Crippen LogP contribution in [-0.2, 0) is 9.59 Å². The SMILES string of the molecule is CCCCOc1ccccc1C=C1SC(=S)N(CCCC(=O)O)C1=O. The maximum Gasteiger partial charge on any atom is 0.303 e. The highest BCUT2D eigenvalue weighted by Crippen LogP contribution is 2.34. The van der Waals surface area contributed by atoms with E-state index in [2.05, 4.69) is 6.92 Å². The molecule has 1 fully saturated rings. The Balaban J connectivity index is 2.09. The van der Waals surface area contributed by atoms with Gasteiger partial charge in [0.25, 0.3) is 5.91 Å². The van der Waals surface area contributed by atoms with E-state index >= 15 is 0 Å². The van der Waals surface area contributed by atoms with Gasteiger partial charge in [0.2, 0.25) is 0 Å². The van der Waals surface area contributed by atoms with E-state index in [-0.39, 0.29) is 12.3 Å². The number of thiocarbonyl (C=S) groups is 1. The predicted molar refractivity (Wildman–Crippen MR) is 104 cm³/mol. The molecule has 25 heavy (non-hydrogen) atoms. The first-order chi connectivity index (χ1) is 12.0. The van der Waals surface area contributed by atoms with E-state index in [1.54, 1.807) is 6.08 Å². The molecule has 134 valence electrons. The Bertz CT molecular complexity index is 687. The number of carboxylic acids is 1. The number of hydrogen-bond donors (Lipinski definition) is 1. The third kappa shape index (κ3) is 5.57. The zero-order valence-electron chi connectivity index (χ0n) is 14.1. The number of rotatable bonds is 9. The van der Waals surface area contributed by atoms with Crippen LogP contribution in [0.1, 0.15) is 38.2 Å². The number of unbranched alkanes of at least 4 members (excludes halogenated alkanes) is 1. The van der Waals surface area contributed by atoms with E-state index in [1.165, 1.54) is 16.7 Å². The lowest BCUT2D eigenvalue weighted by atomic mass is 10.2. The number of carbonyl (C=O) groups is 2. The Morgan fingerprint density at radius 3 is 2.84 bits per heavy atom. The van der Waals surface area contributed by atoms with E-state index in [4.69, 9.17) is 22.1 Å². The Morgan fingerprint density at radius 2 is 2.12 bits per heavy atom. The van der Waals surface area contributed by atoms with Crippen LogP contribution in [0.5, 0.6) is 5.75 Å². The first-order valence-corrected chi connectivity index (χ1v) is 9.44. The largest absolute Gasteiger partial charge is 0.493 e. The summed E-state index contributed by atoms with van der Waals surface area (Å²) in [6.45, 7) is 3.06. The molecule has 0 aliphatic carbocycles. The number of amides is 1. The summed E-state index contributed by atoms with van der Waals surface area (Å²) in [6.07, 6.45) is 4.21. The molecule has 0 unspecified atom stereocenters. The molecule has 0 saturated carbocycles. The average molecular weight is 380 g/mol. The monoisotopic (exact) mass is 379 g/mol. The number of benzene rings is 1. The highest BCUT2D eigenvalue weighted by Gasteiger charge is 2.31. The zero-order chi connectivity index (χ0) is 18.2. The molecule has 7 heteroatoms. The van der Waals surface area contributed by atoms with E-state index in [0.717, 1.165) is 24.2 Å². The summed E-state index contributed by atoms with van der Waals surface area (Å²) in [5, 5.41) is 8.72. The highest BCUT2D eigenvalue weighted by molar-refractivity contribution is 8.26. The summed E-state index contributed by atoms with van der Waals surface area (Å²) < 4.78 is 6.26. The lowest BCUT2D eigenvalue weighted by molar-refractivity contribution is -0.137. The van der Waals surface area contributed by atoms with Gasteiger partial charge in [0.1, 0.15) is 10.1 Å². The summed E-state index contributed by atoms with van der Waals surface area (Å²) in [6, 6.07) is 7.58. The molecule has 1 saturated heterocycles. The standard InChI is InChI=1S/C18H21NO4S2/c1-2-3-11-23-14-8-5-4-7-13(14)12-15-17(22)19(18(24)25-15)10-6-9-16(20)21/h4-5,7-8,12H,2-3,6,9-11H2,1H3,(H,20,21). The number of nitrogens with zero attached hydrogens (tertiary/aromatic N) is 1. The van der Waals surface area contributed by atoms with Crippen molar-refractivity contribution in [2.75, 3.05) is 13.2 Å². The van der Waals surface area contributed by atoms with Gasteiger partial charge in [-0.15, -0.1) is 0 Å². The summed E-state index contributed by atoms with van der Waals surface area (Å²) in [4.78, 5) is 25.2. The van der Waals surface area contributed by atoms with E-state index in [0.29, 0.717) is 28.8 Å². The van der Waals surface area contributed by atoms with Crippen LogP contribution in [0.4, 0.5) is 0 Å². The third-order valence-corrected chi connectivity index (χ3v) is 4.98. The van der Waals surface area contributed by atoms with Crippen LogP contribution >= 0.6 is 24.0 Å². The van der Waals surface area contributed by atoms with Crippen LogP contribution in [-0.4, -0.2) is 39.4 Å². The van der Waals surface area contributed by atoms with Crippen LogP contribution in [0.15, 0.2) is 29.2 Å². The van der Waals surface area contributed by atoms with Crippen molar-refractivity contribution >= 4 is 46.3 Å². The van der Waals surface area contributed by atoms with Crippen LogP contribution in [0.3, 0.4) is 0 Å². The second kappa shape index (κ2) is 9.58. The van der Waals surface area contributed by atoms with Gasteiger partial charge in [0.05, 0.1) is 11.5 Å². The molecule has 1 aromatic rings. The average Bonchev–Trinajstić information content (AvgIpc) is 2.84. The lowest BCUT2D eigenvalue weighted by Gasteiger charge is -2.13. The molecule has 1 aliphatic rings. The number of para-hydroxylation sites is 1. The van der Waals surface area contributed by atoms with Crippen molar-refractivity contribution in [3.05, 3.63) is 34.7 Å². The van der Waals surface area contributed by atoms with Crippen molar-refractivity contribution in [3.8, 4) is 5.75 Å². The Labute approximate surface area is 157 Å². The Hall–Kier alpha value is -1.86. The fourth-order valence-corrected chi connectivity index (χ4v) is 3.58. The quantitative estimate of drug-likeness (QED) is 0.398. The molecule has 0 bridgehead atoms. The summed E-state index contributed by atoms with van der Waals surface area (Å²) in [7, 11) is 0. The summed E-state index contributed by atoms with van der Waals surface area (Å²) >= 11 is 6.50. The van der Waals surface area contributed by atoms with Gasteiger partial charge in [-0.3, -0.25) is 14.5 Å². The molecule has 1 amide bonds. The highest BCUT2D eigenvalue weighted by atomic mass is 32.2. The number of thioether (sulfide) groups is 1. The van der Waals surface area contributed by atoms with Gasteiger partial charge in [-0.25, -0.2) is 0 Å². The normalized spacial score (nSPS) is 15.9. The maximum atomic E-state index is 12.5. The smallest absolute Gasteiger partial charge is 0.303 e. The minimum absolute atomic E-state index is 0.0181. The van der Waals surface area contributed by atoms with Gasteiger partial charge in [-0.1, -0.05) is 55.5 Å². The Morgan fingerprint density at radius 1 is 1.36 bits per heavy atom. The molecule has 2 rings (SSSR count). The van der Waals surface area contributed by atoms with Crippen molar-refractivity contribution in [3.63, 3.8) is 0 Å². The van der Waals surface area contributed by atoms with E-state index in [9.17, 15) is 9.59 Å². The van der Waals surface area contributed by atoms with Gasteiger partial charge in [0, 0.05) is 18.5 Å². The Kier molecular flexibility index (Phi) is 7.46.